The van der Waals surface area contributed by atoms with Gasteiger partial charge in [0.15, 0.2) is 0 Å². The largest absolute Gasteiger partial charge is 0.481 e. The van der Waals surface area contributed by atoms with Gasteiger partial charge in [0, 0.05) is 20.0 Å². The molecule has 0 spiro atoms. The van der Waals surface area contributed by atoms with Crippen LogP contribution in [0.25, 0.3) is 0 Å². The van der Waals surface area contributed by atoms with Crippen LogP contribution in [0.3, 0.4) is 0 Å². The Balaban J connectivity index is 1.90. The number of carbonyl (C=O) groups is 2. The molecule has 2 atom stereocenters. The van der Waals surface area contributed by atoms with E-state index in [4.69, 9.17) is 0 Å². The number of amides is 1. The Bertz CT molecular complexity index is 347. The Hall–Kier alpha value is -1.06. The van der Waals surface area contributed by atoms with Gasteiger partial charge in [-0.2, -0.15) is 0 Å². The van der Waals surface area contributed by atoms with Crippen LogP contribution in [0, 0.1) is 17.3 Å². The third kappa shape index (κ3) is 2.68. The molecule has 0 aromatic carbocycles. The van der Waals surface area contributed by atoms with E-state index in [1.165, 1.54) is 6.42 Å². The van der Waals surface area contributed by atoms with E-state index in [2.05, 4.69) is 6.92 Å². The Labute approximate surface area is 108 Å². The van der Waals surface area contributed by atoms with Gasteiger partial charge in [-0.05, 0) is 31.1 Å². The van der Waals surface area contributed by atoms with E-state index >= 15 is 0 Å². The van der Waals surface area contributed by atoms with Crippen LogP contribution in [0.5, 0.6) is 0 Å². The molecule has 0 aromatic rings. The molecule has 102 valence electrons. The number of carboxylic acids is 1. The van der Waals surface area contributed by atoms with Crippen molar-refractivity contribution in [2.75, 3.05) is 13.6 Å². The van der Waals surface area contributed by atoms with E-state index in [9.17, 15) is 14.7 Å². The summed E-state index contributed by atoms with van der Waals surface area (Å²) >= 11 is 0. The van der Waals surface area contributed by atoms with Crippen molar-refractivity contribution in [2.24, 2.45) is 17.3 Å². The fourth-order valence-corrected chi connectivity index (χ4v) is 3.05. The minimum absolute atomic E-state index is 0.00148. The van der Waals surface area contributed by atoms with Crippen molar-refractivity contribution in [3.8, 4) is 0 Å². The summed E-state index contributed by atoms with van der Waals surface area (Å²) in [5.74, 6) is 0.559. The highest BCUT2D eigenvalue weighted by Gasteiger charge is 2.44. The minimum atomic E-state index is -0.790. The number of nitrogens with zero attached hydrogens (tertiary/aromatic N) is 1. The first-order valence-electron chi connectivity index (χ1n) is 6.92. The van der Waals surface area contributed by atoms with Crippen molar-refractivity contribution in [3.63, 3.8) is 0 Å². The van der Waals surface area contributed by atoms with E-state index in [1.807, 2.05) is 0 Å². The maximum atomic E-state index is 12.1. The van der Waals surface area contributed by atoms with Gasteiger partial charge in [0.2, 0.25) is 5.91 Å². The van der Waals surface area contributed by atoms with Gasteiger partial charge in [0.25, 0.3) is 0 Å². The van der Waals surface area contributed by atoms with Crippen molar-refractivity contribution < 1.29 is 14.7 Å². The number of aliphatic carboxylic acids is 1. The molecule has 4 heteroatoms. The van der Waals surface area contributed by atoms with Crippen molar-refractivity contribution in [2.45, 2.75) is 45.4 Å². The summed E-state index contributed by atoms with van der Waals surface area (Å²) < 4.78 is 0. The van der Waals surface area contributed by atoms with Crippen LogP contribution in [0.2, 0.25) is 0 Å². The normalized spacial score (nSPS) is 29.0. The molecule has 2 unspecified atom stereocenters. The third-order valence-corrected chi connectivity index (χ3v) is 4.71. The Kier molecular flexibility index (Phi) is 3.64. The van der Waals surface area contributed by atoms with E-state index in [-0.39, 0.29) is 12.3 Å². The Morgan fingerprint density at radius 3 is 2.33 bits per heavy atom. The van der Waals surface area contributed by atoms with Gasteiger partial charge >= 0.3 is 5.97 Å². The zero-order valence-corrected chi connectivity index (χ0v) is 11.3. The molecular weight excluding hydrogens is 230 g/mol. The number of carbonyl (C=O) groups excluding carboxylic acids is 1. The van der Waals surface area contributed by atoms with E-state index < -0.39 is 11.4 Å². The number of rotatable bonds is 5. The molecule has 1 N–H and O–H groups in total. The lowest BCUT2D eigenvalue weighted by Gasteiger charge is -2.26. The molecule has 0 saturated heterocycles. The summed E-state index contributed by atoms with van der Waals surface area (Å²) in [7, 11) is 1.80. The zero-order chi connectivity index (χ0) is 13.3. The SMILES string of the molecule is CC1CC1CN(C)C(=O)CC1(C(=O)O)CCCC1. The lowest BCUT2D eigenvalue weighted by Crippen LogP contribution is -2.37. The highest BCUT2D eigenvalue weighted by atomic mass is 16.4. The van der Waals surface area contributed by atoms with Crippen molar-refractivity contribution >= 4 is 11.9 Å². The van der Waals surface area contributed by atoms with E-state index in [0.29, 0.717) is 18.8 Å². The van der Waals surface area contributed by atoms with E-state index in [1.54, 1.807) is 11.9 Å². The first-order chi connectivity index (χ1) is 8.44. The predicted molar refractivity (Wildman–Crippen MR) is 68.1 cm³/mol. The molecule has 1 amide bonds. The zero-order valence-electron chi connectivity index (χ0n) is 11.3. The Morgan fingerprint density at radius 2 is 1.89 bits per heavy atom. The molecule has 0 bridgehead atoms. The Morgan fingerprint density at radius 1 is 1.33 bits per heavy atom. The smallest absolute Gasteiger partial charge is 0.310 e. The average Bonchev–Trinajstić information content (AvgIpc) is 2.80. The van der Waals surface area contributed by atoms with Crippen LogP contribution in [0.4, 0.5) is 0 Å². The van der Waals surface area contributed by atoms with Gasteiger partial charge in [0.1, 0.15) is 0 Å². The molecule has 18 heavy (non-hydrogen) atoms. The highest BCUT2D eigenvalue weighted by Crippen LogP contribution is 2.42. The van der Waals surface area contributed by atoms with Crippen molar-refractivity contribution in [3.05, 3.63) is 0 Å². The molecule has 0 aromatic heterocycles. The van der Waals surface area contributed by atoms with Crippen LogP contribution in [-0.4, -0.2) is 35.5 Å². The lowest BCUT2D eigenvalue weighted by atomic mass is 9.82. The van der Waals surface area contributed by atoms with Crippen LogP contribution in [-0.2, 0) is 9.59 Å². The molecule has 0 heterocycles. The van der Waals surface area contributed by atoms with Gasteiger partial charge < -0.3 is 10.0 Å². The molecular formula is C14H23NO3. The standard InChI is InChI=1S/C14H23NO3/c1-10-7-11(10)9-15(2)12(16)8-14(13(17)18)5-3-4-6-14/h10-11H,3-9H2,1-2H3,(H,17,18). The van der Waals surface area contributed by atoms with Gasteiger partial charge in [0.05, 0.1) is 5.41 Å². The predicted octanol–water partition coefficient (Wildman–Crippen LogP) is 2.14. The summed E-state index contributed by atoms with van der Waals surface area (Å²) in [5.41, 5.74) is -0.777. The molecule has 0 aliphatic heterocycles. The number of carboxylic acid groups (broad SMARTS) is 1. The summed E-state index contributed by atoms with van der Waals surface area (Å²) in [6, 6.07) is 0. The molecule has 2 aliphatic rings. The molecule has 2 saturated carbocycles. The monoisotopic (exact) mass is 253 g/mol. The third-order valence-electron chi connectivity index (χ3n) is 4.71. The van der Waals surface area contributed by atoms with Crippen molar-refractivity contribution in [1.82, 2.24) is 4.90 Å². The molecule has 0 radical (unpaired) electrons. The second-order valence-corrected chi connectivity index (χ2v) is 6.22. The van der Waals surface area contributed by atoms with Crippen LogP contribution in [0.15, 0.2) is 0 Å². The summed E-state index contributed by atoms with van der Waals surface area (Å²) in [5, 5.41) is 9.36. The van der Waals surface area contributed by atoms with Gasteiger partial charge in [-0.15, -0.1) is 0 Å². The van der Waals surface area contributed by atoms with Gasteiger partial charge in [-0.3, -0.25) is 9.59 Å². The number of hydrogen-bond donors (Lipinski definition) is 1. The van der Waals surface area contributed by atoms with Crippen LogP contribution >= 0.6 is 0 Å². The maximum absolute atomic E-state index is 12.1. The summed E-state index contributed by atoms with van der Waals surface area (Å²) in [4.78, 5) is 25.3. The molecule has 2 aliphatic carbocycles. The lowest BCUT2D eigenvalue weighted by molar-refractivity contribution is -0.153. The summed E-state index contributed by atoms with van der Waals surface area (Å²) in [6.07, 6.45) is 4.55. The van der Waals surface area contributed by atoms with Crippen molar-refractivity contribution in [1.29, 1.82) is 0 Å². The minimum Gasteiger partial charge on any atom is -0.481 e. The fourth-order valence-electron chi connectivity index (χ4n) is 3.05. The molecule has 4 nitrogen and oxygen atoms in total. The van der Waals surface area contributed by atoms with Crippen LogP contribution < -0.4 is 0 Å². The van der Waals surface area contributed by atoms with Gasteiger partial charge in [-0.25, -0.2) is 0 Å². The number of hydrogen-bond acceptors (Lipinski definition) is 2. The van der Waals surface area contributed by atoms with Gasteiger partial charge in [-0.1, -0.05) is 19.8 Å². The maximum Gasteiger partial charge on any atom is 0.310 e. The first kappa shape index (κ1) is 13.4. The fraction of sp³-hybridized carbons (Fsp3) is 0.857. The first-order valence-corrected chi connectivity index (χ1v) is 6.92. The summed E-state index contributed by atoms with van der Waals surface area (Å²) in [6.45, 7) is 2.98. The quantitative estimate of drug-likeness (QED) is 0.816. The van der Waals surface area contributed by atoms with Crippen LogP contribution in [0.1, 0.15) is 45.4 Å². The second-order valence-electron chi connectivity index (χ2n) is 6.22. The second kappa shape index (κ2) is 4.90. The molecule has 2 rings (SSSR count). The topological polar surface area (TPSA) is 57.6 Å². The highest BCUT2D eigenvalue weighted by molar-refractivity contribution is 5.85. The van der Waals surface area contributed by atoms with E-state index in [0.717, 1.165) is 25.3 Å². The molecule has 2 fully saturated rings. The average molecular weight is 253 g/mol.